The number of aromatic hydroxyl groups is 1. The van der Waals surface area contributed by atoms with E-state index < -0.39 is 98.7 Å². The van der Waals surface area contributed by atoms with Gasteiger partial charge in [0.1, 0.15) is 22.8 Å². The fraction of sp³-hybridized carbons (Fsp3) is 0.594. The summed E-state index contributed by atoms with van der Waals surface area (Å²) in [4.78, 5) is 42.7. The third-order valence-corrected chi connectivity index (χ3v) is 10.3. The number of fused-ring (bicyclic) bond motifs is 3. The van der Waals surface area contributed by atoms with Gasteiger partial charge in [0, 0.05) is 18.0 Å². The Balaban J connectivity index is 1.61. The number of hydrogen-bond acceptors (Lipinski definition) is 9. The van der Waals surface area contributed by atoms with E-state index in [0.717, 1.165) is 18.9 Å². The number of nitrogens with zero attached hydrogens (tertiary/aromatic N) is 2. The normalized spacial score (nSPS) is 28.4. The van der Waals surface area contributed by atoms with Crippen LogP contribution in [0.3, 0.4) is 0 Å². The van der Waals surface area contributed by atoms with E-state index in [1.165, 1.54) is 19.0 Å². The van der Waals surface area contributed by atoms with Crippen molar-refractivity contribution in [3.63, 3.8) is 0 Å². The highest BCUT2D eigenvalue weighted by Crippen LogP contribution is 2.54. The Morgan fingerprint density at radius 1 is 1.11 bits per heavy atom. The summed E-state index contributed by atoms with van der Waals surface area (Å²) >= 11 is 0. The van der Waals surface area contributed by atoms with E-state index in [-0.39, 0.29) is 23.9 Å². The van der Waals surface area contributed by atoms with Crippen molar-refractivity contribution in [1.82, 2.24) is 9.80 Å². The Morgan fingerprint density at radius 3 is 2.22 bits per heavy atom. The third kappa shape index (κ3) is 5.12. The smallest absolute Gasteiger partial charge is 0.417 e. The number of amides is 1. The van der Waals surface area contributed by atoms with Gasteiger partial charge in [-0.3, -0.25) is 24.2 Å². The van der Waals surface area contributed by atoms with Gasteiger partial charge in [-0.25, -0.2) is 0 Å². The SMILES string of the molecule is CN(C)[C@@H]1C(O)=C(C(N)=O)C(=O)[C@@]2(O)C(O)=C3C(=O)c4c(O)cc(CN5CCC(C(C)(C)C)CC5)c(C(F)(F)F)c4C[C@H]3C[C@@H]12. The van der Waals surface area contributed by atoms with E-state index in [1.807, 2.05) is 4.90 Å². The first kappa shape index (κ1) is 33.0. The number of benzene rings is 1. The molecule has 1 fully saturated rings. The molecule has 0 spiro atoms. The Kier molecular flexibility index (Phi) is 7.94. The minimum atomic E-state index is -4.89. The van der Waals surface area contributed by atoms with E-state index in [4.69, 9.17) is 5.73 Å². The van der Waals surface area contributed by atoms with Crippen LogP contribution in [0, 0.1) is 23.2 Å². The van der Waals surface area contributed by atoms with Crippen LogP contribution in [0.1, 0.15) is 67.1 Å². The molecule has 13 heteroatoms. The zero-order valence-corrected chi connectivity index (χ0v) is 26.0. The second kappa shape index (κ2) is 10.8. The van der Waals surface area contributed by atoms with Gasteiger partial charge < -0.3 is 26.2 Å². The molecule has 0 aromatic heterocycles. The van der Waals surface area contributed by atoms with Gasteiger partial charge in [0.25, 0.3) is 5.91 Å². The van der Waals surface area contributed by atoms with Gasteiger partial charge >= 0.3 is 6.18 Å². The highest BCUT2D eigenvalue weighted by molar-refractivity contribution is 6.24. The Hall–Kier alpha value is -3.42. The van der Waals surface area contributed by atoms with Crippen LogP contribution in [0.2, 0.25) is 0 Å². The van der Waals surface area contributed by atoms with E-state index in [1.54, 1.807) is 0 Å². The number of alkyl halides is 3. The van der Waals surface area contributed by atoms with Crippen molar-refractivity contribution < 1.29 is 48.0 Å². The molecule has 6 N–H and O–H groups in total. The largest absolute Gasteiger partial charge is 0.510 e. The van der Waals surface area contributed by atoms with Crippen LogP contribution in [0.4, 0.5) is 13.2 Å². The van der Waals surface area contributed by atoms with Crippen molar-refractivity contribution in [3.8, 4) is 5.75 Å². The number of likely N-dealkylation sites (tertiary alicyclic amines) is 1. The van der Waals surface area contributed by atoms with Gasteiger partial charge in [0.2, 0.25) is 5.78 Å². The predicted octanol–water partition coefficient (Wildman–Crippen LogP) is 3.40. The van der Waals surface area contributed by atoms with Crippen molar-refractivity contribution in [2.75, 3.05) is 27.2 Å². The van der Waals surface area contributed by atoms with Crippen LogP contribution in [0.15, 0.2) is 28.7 Å². The second-order valence-electron chi connectivity index (χ2n) is 14.2. The maximum atomic E-state index is 14.8. The van der Waals surface area contributed by atoms with Crippen LogP contribution in [-0.2, 0) is 28.7 Å². The van der Waals surface area contributed by atoms with Gasteiger partial charge in [0.15, 0.2) is 11.4 Å². The molecule has 1 aliphatic heterocycles. The number of carbonyl (C=O) groups excluding carboxylic acids is 3. The van der Waals surface area contributed by atoms with Crippen LogP contribution >= 0.6 is 0 Å². The Morgan fingerprint density at radius 2 is 1.71 bits per heavy atom. The van der Waals surface area contributed by atoms with E-state index in [2.05, 4.69) is 20.8 Å². The van der Waals surface area contributed by atoms with Crippen LogP contribution < -0.4 is 5.73 Å². The number of Topliss-reactive ketones (excluding diaryl/α,β-unsaturated/α-hetero) is 2. The van der Waals surface area contributed by atoms with Gasteiger partial charge in [0.05, 0.1) is 17.2 Å². The maximum absolute atomic E-state index is 14.8. The van der Waals surface area contributed by atoms with E-state index in [0.29, 0.717) is 19.0 Å². The van der Waals surface area contributed by atoms with Crippen molar-refractivity contribution >= 4 is 17.5 Å². The van der Waals surface area contributed by atoms with Gasteiger partial charge in [-0.05, 0) is 87.3 Å². The summed E-state index contributed by atoms with van der Waals surface area (Å²) in [5.41, 5.74) is -1.20. The number of likely N-dealkylation sites (N-methyl/N-ethyl adjacent to an activating group) is 1. The number of rotatable bonds is 4. The average Bonchev–Trinajstić information content (AvgIpc) is 2.89. The molecule has 45 heavy (non-hydrogen) atoms. The number of allylic oxidation sites excluding steroid dienone is 1. The number of nitrogens with two attached hydrogens (primary N) is 1. The first-order valence-corrected chi connectivity index (χ1v) is 15.0. The van der Waals surface area contributed by atoms with Crippen molar-refractivity contribution in [1.29, 1.82) is 0 Å². The molecule has 4 atom stereocenters. The molecule has 5 rings (SSSR count). The molecule has 1 heterocycles. The van der Waals surface area contributed by atoms with E-state index >= 15 is 0 Å². The lowest BCUT2D eigenvalue weighted by molar-refractivity contribution is -0.148. The molecule has 0 radical (unpaired) electrons. The number of aliphatic hydroxyl groups is 3. The molecule has 0 bridgehead atoms. The highest BCUT2D eigenvalue weighted by Gasteiger charge is 2.63. The summed E-state index contributed by atoms with van der Waals surface area (Å²) < 4.78 is 44.5. The van der Waals surface area contributed by atoms with Crippen LogP contribution in [0.5, 0.6) is 5.75 Å². The first-order chi connectivity index (χ1) is 20.7. The number of phenols is 1. The summed E-state index contributed by atoms with van der Waals surface area (Å²) in [5, 5.41) is 45.0. The van der Waals surface area contributed by atoms with Gasteiger partial charge in [-0.15, -0.1) is 0 Å². The molecule has 4 aliphatic rings. The molecular weight excluding hydrogens is 595 g/mol. The van der Waals surface area contributed by atoms with Crippen LogP contribution in [0.25, 0.3) is 0 Å². The summed E-state index contributed by atoms with van der Waals surface area (Å²) in [5.74, 6) is -8.53. The lowest BCUT2D eigenvalue weighted by Crippen LogP contribution is -2.63. The van der Waals surface area contributed by atoms with Crippen LogP contribution in [-0.4, -0.2) is 86.5 Å². The zero-order valence-electron chi connectivity index (χ0n) is 26.0. The monoisotopic (exact) mass is 635 g/mol. The Bertz CT molecular complexity index is 1530. The fourth-order valence-electron chi connectivity index (χ4n) is 8.07. The summed E-state index contributed by atoms with van der Waals surface area (Å²) in [7, 11) is 2.95. The molecule has 1 saturated heterocycles. The molecule has 0 unspecified atom stereocenters. The molecule has 1 aromatic rings. The highest BCUT2D eigenvalue weighted by atomic mass is 19.4. The summed E-state index contributed by atoms with van der Waals surface area (Å²) in [6, 6.07) is -0.304. The maximum Gasteiger partial charge on any atom is 0.417 e. The van der Waals surface area contributed by atoms with Crippen molar-refractivity contribution in [2.45, 2.75) is 70.8 Å². The first-order valence-electron chi connectivity index (χ1n) is 15.0. The lowest BCUT2D eigenvalue weighted by Gasteiger charge is -2.50. The quantitative estimate of drug-likeness (QED) is 0.312. The number of primary amides is 1. The Labute approximate surface area is 259 Å². The van der Waals surface area contributed by atoms with E-state index in [9.17, 15) is 48.0 Å². The molecule has 3 aliphatic carbocycles. The number of carbonyl (C=O) groups is 3. The fourth-order valence-corrected chi connectivity index (χ4v) is 8.07. The number of piperidine rings is 1. The molecule has 246 valence electrons. The molecular formula is C32H40F3N3O7. The zero-order chi connectivity index (χ0) is 33.5. The minimum Gasteiger partial charge on any atom is -0.510 e. The minimum absolute atomic E-state index is 0.0686. The molecule has 1 aromatic carbocycles. The van der Waals surface area contributed by atoms with Gasteiger partial charge in [-0.2, -0.15) is 13.2 Å². The topological polar surface area (TPSA) is 165 Å². The third-order valence-electron chi connectivity index (χ3n) is 10.3. The standard InChI is InChI=1S/C32H40F3N3O7/c1-30(2,3)16-6-8-38(9-7-16)13-15-12-19(39)21-17(23(15)32(33,34)35)10-14-11-18-24(37(4)5)26(41)22(29(36)44)28(43)31(18,45)27(42)20(14)25(21)40/h12,14,16,18,24,39,41-42,45H,6-11,13H2,1-5H3,(H2,36,44)/t14-,18-,24-,31-/m0/s1. The summed E-state index contributed by atoms with van der Waals surface area (Å²) in [6.45, 7) is 7.47. The molecule has 10 nitrogen and oxygen atoms in total. The lowest BCUT2D eigenvalue weighted by atomic mass is 9.58. The van der Waals surface area contributed by atoms with Crippen molar-refractivity contribution in [3.05, 3.63) is 51.0 Å². The van der Waals surface area contributed by atoms with Crippen molar-refractivity contribution in [2.24, 2.45) is 28.9 Å². The number of aliphatic hydroxyl groups excluding tert-OH is 2. The number of hydrogen-bond donors (Lipinski definition) is 5. The summed E-state index contributed by atoms with van der Waals surface area (Å²) in [6.07, 6.45) is -4.00. The molecule has 1 amide bonds. The second-order valence-corrected chi connectivity index (χ2v) is 14.2. The average molecular weight is 636 g/mol. The number of phenolic OH excluding ortho intramolecular Hbond substituents is 1. The number of halogens is 3. The predicted molar refractivity (Wildman–Crippen MR) is 156 cm³/mol. The molecule has 0 saturated carbocycles. The number of ketones is 2. The van der Waals surface area contributed by atoms with Gasteiger partial charge in [-0.1, -0.05) is 20.8 Å².